The van der Waals surface area contributed by atoms with Crippen molar-refractivity contribution in [2.75, 3.05) is 33.5 Å². The lowest BCUT2D eigenvalue weighted by Crippen LogP contribution is -2.42. The van der Waals surface area contributed by atoms with Crippen molar-refractivity contribution in [3.8, 4) is 0 Å². The van der Waals surface area contributed by atoms with E-state index in [1.807, 2.05) is 0 Å². The van der Waals surface area contributed by atoms with Gasteiger partial charge in [0.2, 0.25) is 0 Å². The zero-order chi connectivity index (χ0) is 11.9. The summed E-state index contributed by atoms with van der Waals surface area (Å²) in [6, 6.07) is 0. The molecule has 1 heterocycles. The first-order valence-corrected chi connectivity index (χ1v) is 6.80. The van der Waals surface area contributed by atoms with Crippen LogP contribution in [0.25, 0.3) is 0 Å². The van der Waals surface area contributed by atoms with Crippen LogP contribution >= 0.6 is 0 Å². The summed E-state index contributed by atoms with van der Waals surface area (Å²) >= 11 is -6.83. The van der Waals surface area contributed by atoms with Gasteiger partial charge in [-0.2, -0.15) is 0 Å². The third kappa shape index (κ3) is 10.5. The van der Waals surface area contributed by atoms with Crippen molar-refractivity contribution in [1.82, 2.24) is 0 Å². The summed E-state index contributed by atoms with van der Waals surface area (Å²) in [7, 11) is 2.28. The average Bonchev–Trinajstić information content (AvgIpc) is 2.46. The molecule has 92 valence electrons. The smallest absolute Gasteiger partial charge is 0.510 e. The average molecular weight is 247 g/mol. The summed E-state index contributed by atoms with van der Waals surface area (Å²) in [6.45, 7) is 6.44. The number of ether oxygens (including phenoxy) is 1. The Bertz CT molecular complexity index is 165. The van der Waals surface area contributed by atoms with E-state index in [2.05, 4.69) is 14.0 Å². The zero-order valence-corrected chi connectivity index (χ0v) is 10.3. The molecule has 0 aromatic rings. The van der Waals surface area contributed by atoms with Crippen LogP contribution in [0.2, 0.25) is 0 Å². The molecule has 1 fully saturated rings. The molecule has 0 atom stereocenters. The molecule has 0 unspecified atom stereocenters. The van der Waals surface area contributed by atoms with Gasteiger partial charge in [-0.15, -0.1) is 0 Å². The highest BCUT2D eigenvalue weighted by atomic mass is 27.5. The molecule has 15 heavy (non-hydrogen) atoms. The molecule has 0 aromatic heterocycles. The predicted octanol–water partition coefficient (Wildman–Crippen LogP) is 2.52. The maximum Gasteiger partial charge on any atom is 1.04 e. The van der Waals surface area contributed by atoms with Gasteiger partial charge in [0.15, 0.2) is 6.73 Å². The molecule has 1 aliphatic rings. The Hall–Kier alpha value is 0.172. The van der Waals surface area contributed by atoms with Crippen LogP contribution in [0.5, 0.6) is 0 Å². The van der Waals surface area contributed by atoms with Crippen molar-refractivity contribution in [2.24, 2.45) is 0 Å². The van der Waals surface area contributed by atoms with Crippen molar-refractivity contribution < 1.29 is 23.3 Å². The monoisotopic (exact) mass is 247 g/mol. The van der Waals surface area contributed by atoms with Gasteiger partial charge < -0.3 is 23.3 Å². The van der Waals surface area contributed by atoms with E-state index in [4.69, 9.17) is 4.74 Å². The van der Waals surface area contributed by atoms with Gasteiger partial charge in [0, 0.05) is 19.4 Å². The molecule has 0 aromatic carbocycles. The third-order valence-electron chi connectivity index (χ3n) is 2.25. The number of likely N-dealkylation sites (tertiary alicyclic amines) is 1. The van der Waals surface area contributed by atoms with Gasteiger partial charge in [-0.3, -0.25) is 0 Å². The molecule has 0 N–H and O–H groups in total. The topological polar surface area (TPSA) is 9.23 Å². The van der Waals surface area contributed by atoms with Crippen molar-refractivity contribution in [3.05, 3.63) is 0 Å². The SMILES string of the molecule is CCOC[N+]1(C)CCCC1.[F][Al-]([F])([F])[F]. The number of hydrogen-bond acceptors (Lipinski definition) is 1. The fourth-order valence-corrected chi connectivity index (χ4v) is 1.54. The van der Waals surface area contributed by atoms with Gasteiger partial charge in [-0.25, -0.2) is 0 Å². The van der Waals surface area contributed by atoms with Gasteiger partial charge in [0.1, 0.15) is 0 Å². The van der Waals surface area contributed by atoms with Gasteiger partial charge in [-0.1, -0.05) is 0 Å². The molecule has 2 nitrogen and oxygen atoms in total. The molecule has 1 rings (SSSR count). The van der Waals surface area contributed by atoms with Crippen molar-refractivity contribution in [1.29, 1.82) is 0 Å². The molecule has 0 radical (unpaired) electrons. The number of nitrogens with zero attached hydrogens (tertiary/aromatic N) is 1. The van der Waals surface area contributed by atoms with Gasteiger partial charge in [0.25, 0.3) is 0 Å². The first kappa shape index (κ1) is 15.2. The summed E-state index contributed by atoms with van der Waals surface area (Å²) in [5, 5.41) is 0. The molecule has 0 amide bonds. The van der Waals surface area contributed by atoms with E-state index in [1.54, 1.807) is 0 Å². The lowest BCUT2D eigenvalue weighted by atomic mass is 10.4. The van der Waals surface area contributed by atoms with Crippen LogP contribution in [0.1, 0.15) is 19.8 Å². The van der Waals surface area contributed by atoms with Gasteiger partial charge in [-0.05, 0) is 6.92 Å². The maximum absolute atomic E-state index is 9.85. The molecule has 1 saturated heterocycles. The minimum Gasteiger partial charge on any atom is -0.510 e. The lowest BCUT2D eigenvalue weighted by Gasteiger charge is -2.27. The van der Waals surface area contributed by atoms with E-state index < -0.39 is 14.9 Å². The molecule has 0 saturated carbocycles. The highest BCUT2D eigenvalue weighted by Crippen LogP contribution is 2.15. The van der Waals surface area contributed by atoms with Crippen molar-refractivity contribution in [3.63, 3.8) is 0 Å². The van der Waals surface area contributed by atoms with Crippen LogP contribution < -0.4 is 0 Å². The molecule has 0 spiro atoms. The van der Waals surface area contributed by atoms with Crippen LogP contribution in [-0.2, 0) is 4.74 Å². The standard InChI is InChI=1S/C8H18NO.Al.4FH/c1-3-10-8-9(2)6-4-5-7-9;;;;;/h3-8H2,1-2H3;;4*1H/q+1;+3;;;;/p-4. The summed E-state index contributed by atoms with van der Waals surface area (Å²) in [4.78, 5) is 0. The zero-order valence-electron chi connectivity index (χ0n) is 9.19. The number of rotatable bonds is 3. The van der Waals surface area contributed by atoms with Crippen LogP contribution in [0, 0.1) is 0 Å². The second-order valence-corrected chi connectivity index (χ2v) is 4.88. The van der Waals surface area contributed by atoms with Gasteiger partial charge in [0.05, 0.1) is 20.1 Å². The highest BCUT2D eigenvalue weighted by Gasteiger charge is 2.41. The summed E-state index contributed by atoms with van der Waals surface area (Å²) in [6.07, 6.45) is 2.76. The quantitative estimate of drug-likeness (QED) is 0.423. The van der Waals surface area contributed by atoms with E-state index in [0.29, 0.717) is 0 Å². The Kier molecular flexibility index (Phi) is 6.77. The Balaban J connectivity index is 0.000000336. The number of hydrogen-bond donors (Lipinski definition) is 0. The molecule has 0 aliphatic carbocycles. The second kappa shape index (κ2) is 6.69. The van der Waals surface area contributed by atoms with E-state index in [0.717, 1.165) is 17.8 Å². The van der Waals surface area contributed by atoms with E-state index in [9.17, 15) is 14.1 Å². The normalized spacial score (nSPS) is 19.6. The first-order valence-electron chi connectivity index (χ1n) is 5.05. The Morgan fingerprint density at radius 1 is 1.13 bits per heavy atom. The number of quaternary nitrogens is 1. The van der Waals surface area contributed by atoms with Crippen molar-refractivity contribution >= 4 is 14.9 Å². The molecule has 0 bridgehead atoms. The third-order valence-corrected chi connectivity index (χ3v) is 2.25. The first-order chi connectivity index (χ1) is 6.77. The van der Waals surface area contributed by atoms with Crippen LogP contribution in [0.4, 0.5) is 14.1 Å². The summed E-state index contributed by atoms with van der Waals surface area (Å²) in [5.41, 5.74) is 0. The van der Waals surface area contributed by atoms with Crippen LogP contribution in [0.15, 0.2) is 0 Å². The summed E-state index contributed by atoms with van der Waals surface area (Å²) < 4.78 is 45.9. The van der Waals surface area contributed by atoms with Crippen LogP contribution in [0.3, 0.4) is 0 Å². The second-order valence-electron chi connectivity index (χ2n) is 3.89. The Morgan fingerprint density at radius 3 is 1.87 bits per heavy atom. The van der Waals surface area contributed by atoms with E-state index in [1.165, 1.54) is 25.9 Å². The highest BCUT2D eigenvalue weighted by molar-refractivity contribution is 6.50. The molecule has 7 heteroatoms. The predicted molar refractivity (Wildman–Crippen MR) is 51.8 cm³/mol. The fraction of sp³-hybridized carbons (Fsp3) is 1.00. The van der Waals surface area contributed by atoms with Crippen molar-refractivity contribution in [2.45, 2.75) is 19.8 Å². The molecular weight excluding hydrogens is 229 g/mol. The number of halogens is 4. The Morgan fingerprint density at radius 2 is 1.53 bits per heavy atom. The van der Waals surface area contributed by atoms with E-state index in [-0.39, 0.29) is 0 Å². The minimum absolute atomic E-state index is 0.855. The molecule has 1 aliphatic heterocycles. The minimum atomic E-state index is -6.83. The fourth-order valence-electron chi connectivity index (χ4n) is 1.54. The van der Waals surface area contributed by atoms with Crippen LogP contribution in [-0.4, -0.2) is 52.9 Å². The maximum atomic E-state index is 9.85. The lowest BCUT2D eigenvalue weighted by molar-refractivity contribution is -0.916. The molecular formula is C8H18AlF4NO. The van der Waals surface area contributed by atoms with E-state index >= 15 is 0 Å². The van der Waals surface area contributed by atoms with Gasteiger partial charge >= 0.3 is 14.9 Å². The Labute approximate surface area is 92.0 Å². The largest absolute Gasteiger partial charge is 1.04 e. The summed E-state index contributed by atoms with van der Waals surface area (Å²) in [5.74, 6) is 0.